The SMILES string of the molecule is C=[NH+]c1cc(Cl)ccc1Cl. The molecule has 0 aliphatic carbocycles. The normalized spacial score (nSPS) is 9.40. The molecule has 1 aromatic carbocycles. The predicted molar refractivity (Wildman–Crippen MR) is 44.2 cm³/mol. The molecular weight excluding hydrogens is 169 g/mol. The number of nitrogens with one attached hydrogen (secondary N) is 1. The third-order valence-corrected chi connectivity index (χ3v) is 1.68. The summed E-state index contributed by atoms with van der Waals surface area (Å²) in [6, 6.07) is 5.17. The van der Waals surface area contributed by atoms with Crippen LogP contribution in [-0.2, 0) is 0 Å². The molecule has 0 spiro atoms. The number of hydrogen-bond donors (Lipinski definition) is 1. The summed E-state index contributed by atoms with van der Waals surface area (Å²) in [5.41, 5.74) is 0.745. The number of halogens is 2. The highest BCUT2D eigenvalue weighted by atomic mass is 35.5. The van der Waals surface area contributed by atoms with E-state index in [1.54, 1.807) is 18.2 Å². The van der Waals surface area contributed by atoms with Crippen LogP contribution in [0.15, 0.2) is 18.2 Å². The van der Waals surface area contributed by atoms with Gasteiger partial charge in [0.05, 0.1) is 0 Å². The molecule has 0 aromatic heterocycles. The molecule has 0 heterocycles. The molecule has 0 bridgehead atoms. The van der Waals surface area contributed by atoms with Gasteiger partial charge in [-0.15, -0.1) is 0 Å². The van der Waals surface area contributed by atoms with Crippen LogP contribution in [0.25, 0.3) is 0 Å². The highest BCUT2D eigenvalue weighted by Crippen LogP contribution is 2.20. The van der Waals surface area contributed by atoms with Gasteiger partial charge in [-0.2, -0.15) is 0 Å². The van der Waals surface area contributed by atoms with Crippen molar-refractivity contribution >= 4 is 35.6 Å². The van der Waals surface area contributed by atoms with Crippen LogP contribution in [0.2, 0.25) is 10.0 Å². The molecule has 1 N–H and O–H groups in total. The molecule has 0 saturated carbocycles. The first kappa shape index (κ1) is 7.58. The molecule has 1 nitrogen and oxygen atoms in total. The molecule has 52 valence electrons. The van der Waals surface area contributed by atoms with Gasteiger partial charge < -0.3 is 0 Å². The zero-order valence-corrected chi connectivity index (χ0v) is 6.71. The van der Waals surface area contributed by atoms with E-state index in [4.69, 9.17) is 23.2 Å². The van der Waals surface area contributed by atoms with Crippen molar-refractivity contribution < 1.29 is 4.99 Å². The summed E-state index contributed by atoms with van der Waals surface area (Å²) in [6.07, 6.45) is 0. The van der Waals surface area contributed by atoms with Gasteiger partial charge >= 0.3 is 0 Å². The van der Waals surface area contributed by atoms with Crippen molar-refractivity contribution in [1.82, 2.24) is 0 Å². The van der Waals surface area contributed by atoms with Gasteiger partial charge in [0.1, 0.15) is 11.7 Å². The highest BCUT2D eigenvalue weighted by Gasteiger charge is 2.01. The second-order valence-corrected chi connectivity index (χ2v) is 2.64. The number of benzene rings is 1. The average Bonchev–Trinajstić information content (AvgIpc) is 1.94. The molecule has 10 heavy (non-hydrogen) atoms. The van der Waals surface area contributed by atoms with Crippen LogP contribution in [0.1, 0.15) is 0 Å². The third-order valence-electron chi connectivity index (χ3n) is 1.12. The Labute approximate surface area is 69.3 Å². The summed E-state index contributed by atoms with van der Waals surface area (Å²) in [7, 11) is 0. The lowest BCUT2D eigenvalue weighted by atomic mass is 10.3. The van der Waals surface area contributed by atoms with E-state index >= 15 is 0 Å². The van der Waals surface area contributed by atoms with Crippen molar-refractivity contribution in [3.8, 4) is 0 Å². The molecule has 0 aliphatic rings. The maximum Gasteiger partial charge on any atom is 0.223 e. The van der Waals surface area contributed by atoms with Crippen molar-refractivity contribution in [3.63, 3.8) is 0 Å². The molecule has 0 unspecified atom stereocenters. The van der Waals surface area contributed by atoms with E-state index in [0.29, 0.717) is 10.0 Å². The van der Waals surface area contributed by atoms with E-state index in [9.17, 15) is 0 Å². The fraction of sp³-hybridized carbons (Fsp3) is 0. The summed E-state index contributed by atoms with van der Waals surface area (Å²) in [5, 5.41) is 1.27. The van der Waals surface area contributed by atoms with Gasteiger partial charge in [-0.05, 0) is 12.1 Å². The smallest absolute Gasteiger partial charge is 0.217 e. The van der Waals surface area contributed by atoms with E-state index in [1.807, 2.05) is 0 Å². The maximum absolute atomic E-state index is 5.74. The Balaban J connectivity index is 3.21. The Morgan fingerprint density at radius 2 is 2.00 bits per heavy atom. The largest absolute Gasteiger partial charge is 0.223 e. The van der Waals surface area contributed by atoms with E-state index in [0.717, 1.165) is 5.69 Å². The van der Waals surface area contributed by atoms with Gasteiger partial charge in [0, 0.05) is 11.1 Å². The van der Waals surface area contributed by atoms with E-state index in [1.165, 1.54) is 0 Å². The highest BCUT2D eigenvalue weighted by molar-refractivity contribution is 6.34. The van der Waals surface area contributed by atoms with E-state index in [-0.39, 0.29) is 0 Å². The lowest BCUT2D eigenvalue weighted by Crippen LogP contribution is -2.57. The average molecular weight is 175 g/mol. The first-order valence-electron chi connectivity index (χ1n) is 2.72. The molecule has 0 saturated heterocycles. The Morgan fingerprint density at radius 3 is 2.50 bits per heavy atom. The van der Waals surface area contributed by atoms with Crippen LogP contribution in [0.4, 0.5) is 5.69 Å². The van der Waals surface area contributed by atoms with Crippen LogP contribution >= 0.6 is 23.2 Å². The van der Waals surface area contributed by atoms with Gasteiger partial charge in [0.2, 0.25) is 5.69 Å². The minimum atomic E-state index is 0.624. The Kier molecular flexibility index (Phi) is 2.30. The Morgan fingerprint density at radius 1 is 1.30 bits per heavy atom. The van der Waals surface area contributed by atoms with Crippen LogP contribution < -0.4 is 4.99 Å². The summed E-state index contributed by atoms with van der Waals surface area (Å²) < 4.78 is 0. The van der Waals surface area contributed by atoms with Gasteiger partial charge in [-0.1, -0.05) is 23.2 Å². The second kappa shape index (κ2) is 3.04. The van der Waals surface area contributed by atoms with Gasteiger partial charge in [0.15, 0.2) is 0 Å². The van der Waals surface area contributed by atoms with Crippen LogP contribution in [0, 0.1) is 0 Å². The van der Waals surface area contributed by atoms with Crippen molar-refractivity contribution in [2.45, 2.75) is 0 Å². The van der Waals surface area contributed by atoms with Crippen LogP contribution in [-0.4, -0.2) is 6.72 Å². The zero-order valence-electron chi connectivity index (χ0n) is 5.20. The van der Waals surface area contributed by atoms with Gasteiger partial charge in [0.25, 0.3) is 0 Å². The fourth-order valence-electron chi connectivity index (χ4n) is 0.633. The van der Waals surface area contributed by atoms with Crippen LogP contribution in [0.3, 0.4) is 0 Å². The summed E-state index contributed by atoms with van der Waals surface area (Å²) >= 11 is 11.4. The second-order valence-electron chi connectivity index (χ2n) is 1.80. The number of rotatable bonds is 1. The Hall–Kier alpha value is -0.530. The first-order valence-corrected chi connectivity index (χ1v) is 3.48. The summed E-state index contributed by atoms with van der Waals surface area (Å²) in [6.45, 7) is 3.46. The minimum Gasteiger partial charge on any atom is -0.217 e. The number of hydrogen-bond acceptors (Lipinski definition) is 0. The fourth-order valence-corrected chi connectivity index (χ4v) is 0.989. The molecule has 3 heteroatoms. The van der Waals surface area contributed by atoms with Gasteiger partial charge in [-0.25, -0.2) is 4.99 Å². The quantitative estimate of drug-likeness (QED) is 0.620. The third kappa shape index (κ3) is 1.49. The molecule has 0 fully saturated rings. The van der Waals surface area contributed by atoms with Crippen molar-refractivity contribution in [2.75, 3.05) is 0 Å². The molecule has 1 rings (SSSR count). The van der Waals surface area contributed by atoms with Crippen LogP contribution in [0.5, 0.6) is 0 Å². The summed E-state index contributed by atoms with van der Waals surface area (Å²) in [4.78, 5) is 2.67. The van der Waals surface area contributed by atoms with E-state index < -0.39 is 0 Å². The van der Waals surface area contributed by atoms with Crippen molar-refractivity contribution in [3.05, 3.63) is 28.2 Å². The topological polar surface area (TPSA) is 14.0 Å². The molecule has 0 amide bonds. The predicted octanol–water partition coefficient (Wildman–Crippen LogP) is 1.41. The molecule has 0 radical (unpaired) electrons. The lowest BCUT2D eigenvalue weighted by molar-refractivity contribution is -0.341. The lowest BCUT2D eigenvalue weighted by Gasteiger charge is -1.90. The van der Waals surface area contributed by atoms with Crippen molar-refractivity contribution in [1.29, 1.82) is 0 Å². The minimum absolute atomic E-state index is 0.624. The molecular formula is C7H6Cl2N+. The Bertz CT molecular complexity index is 258. The maximum atomic E-state index is 5.74. The summed E-state index contributed by atoms with van der Waals surface area (Å²) in [5.74, 6) is 0. The molecule has 0 aliphatic heterocycles. The molecule has 0 atom stereocenters. The monoisotopic (exact) mass is 174 g/mol. The standard InChI is InChI=1S/C7H5Cl2N/c1-10-7-4-5(8)2-3-6(7)9/h2-4H,1H2/p+1. The zero-order chi connectivity index (χ0) is 7.56. The first-order chi connectivity index (χ1) is 4.74. The van der Waals surface area contributed by atoms with E-state index in [2.05, 4.69) is 11.7 Å². The molecule has 1 aromatic rings. The van der Waals surface area contributed by atoms with Gasteiger partial charge in [-0.3, -0.25) is 0 Å². The van der Waals surface area contributed by atoms with Crippen molar-refractivity contribution in [2.24, 2.45) is 0 Å².